The van der Waals surface area contributed by atoms with Gasteiger partial charge < -0.3 is 14.7 Å². The molecule has 0 aromatic carbocycles. The standard InChI is InChI=1S/C19H21N5O5/c1-21-11-22(8-9-29-2)19(28)14-16(26)15(25)13(10-24(14)21)18(27)23-7-5-12-4-3-6-20-17(12)23/h3-4,6,10,26H,5,7-9,11H2,1-2H3. The second kappa shape index (κ2) is 7.21. The minimum absolute atomic E-state index is 0.170. The van der Waals surface area contributed by atoms with Gasteiger partial charge in [-0.15, -0.1) is 0 Å². The zero-order valence-corrected chi connectivity index (χ0v) is 16.2. The summed E-state index contributed by atoms with van der Waals surface area (Å²) in [6, 6.07) is 3.68. The van der Waals surface area contributed by atoms with Crippen molar-refractivity contribution in [2.45, 2.75) is 6.42 Å². The van der Waals surface area contributed by atoms with Gasteiger partial charge in [0.2, 0.25) is 5.43 Å². The molecule has 0 atom stereocenters. The molecule has 0 bridgehead atoms. The van der Waals surface area contributed by atoms with Crippen LogP contribution in [0.4, 0.5) is 5.82 Å². The molecule has 0 saturated heterocycles. The lowest BCUT2D eigenvalue weighted by molar-refractivity contribution is 0.0629. The first kappa shape index (κ1) is 18.9. The van der Waals surface area contributed by atoms with E-state index < -0.39 is 23.0 Å². The molecular formula is C19H21N5O5. The summed E-state index contributed by atoms with van der Waals surface area (Å²) in [5.41, 5.74) is -0.337. The van der Waals surface area contributed by atoms with E-state index in [1.807, 2.05) is 6.07 Å². The lowest BCUT2D eigenvalue weighted by Crippen LogP contribution is -2.53. The molecule has 4 heterocycles. The van der Waals surface area contributed by atoms with Crippen molar-refractivity contribution in [3.05, 3.63) is 51.6 Å². The fourth-order valence-electron chi connectivity index (χ4n) is 3.66. The number of methoxy groups -OCH3 is 1. The third-order valence-electron chi connectivity index (χ3n) is 5.17. The van der Waals surface area contributed by atoms with E-state index in [2.05, 4.69) is 4.98 Å². The highest BCUT2D eigenvalue weighted by molar-refractivity contribution is 6.07. The third-order valence-corrected chi connectivity index (χ3v) is 5.17. The third kappa shape index (κ3) is 3.01. The van der Waals surface area contributed by atoms with Crippen LogP contribution in [0.2, 0.25) is 0 Å². The van der Waals surface area contributed by atoms with Crippen molar-refractivity contribution >= 4 is 17.6 Å². The Morgan fingerprint density at radius 1 is 1.34 bits per heavy atom. The summed E-state index contributed by atoms with van der Waals surface area (Å²) >= 11 is 0. The predicted octanol–water partition coefficient (Wildman–Crippen LogP) is -0.221. The molecule has 2 aliphatic heterocycles. The van der Waals surface area contributed by atoms with Gasteiger partial charge in [0.25, 0.3) is 11.8 Å². The molecule has 0 radical (unpaired) electrons. The SMILES string of the molecule is COCCN1CN(C)n2cc(C(=O)N3CCc4cccnc43)c(=O)c(O)c2C1=O. The average Bonchev–Trinajstić information content (AvgIpc) is 3.15. The average molecular weight is 399 g/mol. The van der Waals surface area contributed by atoms with E-state index in [1.54, 1.807) is 24.3 Å². The Balaban J connectivity index is 1.74. The number of carbonyl (C=O) groups excluding carboxylic acids is 2. The molecule has 2 aliphatic rings. The lowest BCUT2D eigenvalue weighted by Gasteiger charge is -2.37. The van der Waals surface area contributed by atoms with Crippen LogP contribution in [0.5, 0.6) is 5.75 Å². The van der Waals surface area contributed by atoms with Crippen LogP contribution in [0.25, 0.3) is 0 Å². The van der Waals surface area contributed by atoms with E-state index in [-0.39, 0.29) is 17.9 Å². The normalized spacial score (nSPS) is 15.5. The summed E-state index contributed by atoms with van der Waals surface area (Å²) in [6.45, 7) is 1.25. The van der Waals surface area contributed by atoms with Crippen LogP contribution in [0.15, 0.2) is 29.3 Å². The molecular weight excluding hydrogens is 378 g/mol. The van der Waals surface area contributed by atoms with Crippen LogP contribution < -0.4 is 15.3 Å². The first-order valence-electron chi connectivity index (χ1n) is 9.18. The first-order chi connectivity index (χ1) is 13.9. The van der Waals surface area contributed by atoms with Crippen molar-refractivity contribution in [2.75, 3.05) is 50.4 Å². The molecule has 4 rings (SSSR count). The summed E-state index contributed by atoms with van der Waals surface area (Å²) < 4.78 is 6.36. The van der Waals surface area contributed by atoms with Crippen molar-refractivity contribution in [2.24, 2.45) is 0 Å². The minimum Gasteiger partial charge on any atom is -0.502 e. The molecule has 10 nitrogen and oxygen atoms in total. The molecule has 0 spiro atoms. The fraction of sp³-hybridized carbons (Fsp3) is 0.368. The van der Waals surface area contributed by atoms with E-state index in [1.165, 1.54) is 27.8 Å². The summed E-state index contributed by atoms with van der Waals surface area (Å²) in [6.07, 6.45) is 3.54. The van der Waals surface area contributed by atoms with Crippen LogP contribution in [0.3, 0.4) is 0 Å². The van der Waals surface area contributed by atoms with Crippen molar-refractivity contribution in [1.29, 1.82) is 0 Å². The number of ether oxygens (including phenoxy) is 1. The topological polar surface area (TPSA) is 108 Å². The Hall–Kier alpha value is -3.40. The van der Waals surface area contributed by atoms with Gasteiger partial charge >= 0.3 is 0 Å². The maximum atomic E-state index is 13.1. The largest absolute Gasteiger partial charge is 0.502 e. The quantitative estimate of drug-likeness (QED) is 0.757. The number of pyridine rings is 2. The Bertz CT molecular complexity index is 1050. The molecule has 2 aromatic rings. The van der Waals surface area contributed by atoms with Crippen molar-refractivity contribution in [3.63, 3.8) is 0 Å². The number of anilines is 1. The number of fused-ring (bicyclic) bond motifs is 2. The number of carbonyl (C=O) groups is 2. The maximum Gasteiger partial charge on any atom is 0.277 e. The van der Waals surface area contributed by atoms with Crippen LogP contribution in [0.1, 0.15) is 26.4 Å². The molecule has 0 unspecified atom stereocenters. The maximum absolute atomic E-state index is 13.1. The second-order valence-corrected chi connectivity index (χ2v) is 6.97. The number of hydrogen-bond donors (Lipinski definition) is 1. The van der Waals surface area contributed by atoms with Crippen LogP contribution in [-0.4, -0.2) is 72.0 Å². The van der Waals surface area contributed by atoms with Gasteiger partial charge in [-0.3, -0.25) is 29.0 Å². The highest BCUT2D eigenvalue weighted by atomic mass is 16.5. The molecule has 0 aliphatic carbocycles. The lowest BCUT2D eigenvalue weighted by atomic mass is 10.1. The molecule has 29 heavy (non-hydrogen) atoms. The summed E-state index contributed by atoms with van der Waals surface area (Å²) in [5, 5.41) is 12.2. The molecule has 0 saturated carbocycles. The van der Waals surface area contributed by atoms with Crippen molar-refractivity contribution in [3.8, 4) is 5.75 Å². The van der Waals surface area contributed by atoms with E-state index >= 15 is 0 Å². The predicted molar refractivity (Wildman–Crippen MR) is 104 cm³/mol. The smallest absolute Gasteiger partial charge is 0.277 e. The highest BCUT2D eigenvalue weighted by Gasteiger charge is 2.35. The first-order valence-corrected chi connectivity index (χ1v) is 9.18. The van der Waals surface area contributed by atoms with Gasteiger partial charge in [0.1, 0.15) is 18.1 Å². The summed E-state index contributed by atoms with van der Waals surface area (Å²) in [7, 11) is 3.22. The number of aromatic nitrogens is 2. The van der Waals surface area contributed by atoms with Gasteiger partial charge in [-0.2, -0.15) is 0 Å². The van der Waals surface area contributed by atoms with Gasteiger partial charge in [-0.25, -0.2) is 4.98 Å². The van der Waals surface area contributed by atoms with Crippen LogP contribution >= 0.6 is 0 Å². The van der Waals surface area contributed by atoms with E-state index in [0.29, 0.717) is 31.9 Å². The van der Waals surface area contributed by atoms with Gasteiger partial charge in [0.15, 0.2) is 11.4 Å². The van der Waals surface area contributed by atoms with Crippen molar-refractivity contribution in [1.82, 2.24) is 14.6 Å². The zero-order chi connectivity index (χ0) is 20.7. The van der Waals surface area contributed by atoms with Crippen LogP contribution in [-0.2, 0) is 11.2 Å². The molecule has 0 fully saturated rings. The van der Waals surface area contributed by atoms with Gasteiger partial charge in [0, 0.05) is 39.6 Å². The number of nitrogens with zero attached hydrogens (tertiary/aromatic N) is 5. The van der Waals surface area contributed by atoms with Gasteiger partial charge in [-0.05, 0) is 18.1 Å². The molecule has 1 N–H and O–H groups in total. The minimum atomic E-state index is -0.874. The number of rotatable bonds is 4. The molecule has 10 heteroatoms. The highest BCUT2D eigenvalue weighted by Crippen LogP contribution is 2.27. The van der Waals surface area contributed by atoms with Gasteiger partial charge in [0.05, 0.1) is 6.61 Å². The number of aromatic hydroxyl groups is 1. The van der Waals surface area contributed by atoms with E-state index in [4.69, 9.17) is 4.74 Å². The monoisotopic (exact) mass is 399 g/mol. The second-order valence-electron chi connectivity index (χ2n) is 6.97. The number of amides is 2. The van der Waals surface area contributed by atoms with Crippen LogP contribution in [0, 0.1) is 0 Å². The molecule has 2 amide bonds. The number of hydrogen-bond acceptors (Lipinski definition) is 7. The van der Waals surface area contributed by atoms with E-state index in [9.17, 15) is 19.5 Å². The Morgan fingerprint density at radius 2 is 2.14 bits per heavy atom. The zero-order valence-electron chi connectivity index (χ0n) is 16.2. The Labute approximate surface area is 166 Å². The van der Waals surface area contributed by atoms with Gasteiger partial charge in [-0.1, -0.05) is 6.07 Å². The van der Waals surface area contributed by atoms with Crippen molar-refractivity contribution < 1.29 is 19.4 Å². The summed E-state index contributed by atoms with van der Waals surface area (Å²) in [4.78, 5) is 45.8. The Morgan fingerprint density at radius 3 is 2.90 bits per heavy atom. The molecule has 152 valence electrons. The summed E-state index contributed by atoms with van der Waals surface area (Å²) in [5.74, 6) is -1.29. The Kier molecular flexibility index (Phi) is 4.71. The van der Waals surface area contributed by atoms with E-state index in [0.717, 1.165) is 5.56 Å². The fourth-order valence-corrected chi connectivity index (χ4v) is 3.66. The molecule has 2 aromatic heterocycles.